The fourth-order valence-electron chi connectivity index (χ4n) is 4.37. The van der Waals surface area contributed by atoms with Crippen molar-refractivity contribution in [2.45, 2.75) is 25.3 Å². The lowest BCUT2D eigenvalue weighted by Gasteiger charge is -2.24. The third-order valence-corrected chi connectivity index (χ3v) is 6.72. The molecule has 8 nitrogen and oxygen atoms in total. The van der Waals surface area contributed by atoms with Crippen molar-refractivity contribution in [1.82, 2.24) is 14.8 Å². The van der Waals surface area contributed by atoms with Gasteiger partial charge in [-0.2, -0.15) is 0 Å². The molecule has 188 valence electrons. The van der Waals surface area contributed by atoms with Gasteiger partial charge in [-0.05, 0) is 66.3 Å². The fourth-order valence-corrected chi connectivity index (χ4v) is 4.77. The van der Waals surface area contributed by atoms with E-state index >= 15 is 0 Å². The highest BCUT2D eigenvalue weighted by Gasteiger charge is 2.42. The molecular weight excluding hydrogens is 476 g/mol. The standard InChI is InChI=1S/C27H30N4O4S/c1-4-5-13-31-26(33)22(17-25(32)29-20-8-7-19-10-12-28-21(19)16-20)30(27(31)36)14-11-18-6-9-23(34-2)24(15-18)35-3/h4,6-10,12,15-16,22,28H,1,5,11,13-14,17H2,2-3H3,(H,29,32). The number of methoxy groups -OCH3 is 2. The van der Waals surface area contributed by atoms with E-state index in [2.05, 4.69) is 16.9 Å². The molecule has 2 N–H and O–H groups in total. The van der Waals surface area contributed by atoms with Crippen molar-refractivity contribution < 1.29 is 19.1 Å². The molecule has 36 heavy (non-hydrogen) atoms. The van der Waals surface area contributed by atoms with Gasteiger partial charge < -0.3 is 24.7 Å². The summed E-state index contributed by atoms with van der Waals surface area (Å²) in [5.41, 5.74) is 2.61. The summed E-state index contributed by atoms with van der Waals surface area (Å²) in [6.45, 7) is 4.67. The van der Waals surface area contributed by atoms with Crippen molar-refractivity contribution >= 4 is 45.7 Å². The Kier molecular flexibility index (Phi) is 7.90. The van der Waals surface area contributed by atoms with Crippen LogP contribution in [-0.2, 0) is 16.0 Å². The van der Waals surface area contributed by atoms with E-state index in [9.17, 15) is 9.59 Å². The second kappa shape index (κ2) is 11.3. The maximum absolute atomic E-state index is 13.3. The molecule has 2 heterocycles. The normalized spacial score (nSPS) is 15.4. The minimum atomic E-state index is -0.670. The minimum Gasteiger partial charge on any atom is -0.493 e. The number of hydrogen-bond donors (Lipinski definition) is 2. The van der Waals surface area contributed by atoms with Crippen molar-refractivity contribution in [3.8, 4) is 11.5 Å². The summed E-state index contributed by atoms with van der Waals surface area (Å²) in [5, 5.41) is 4.42. The van der Waals surface area contributed by atoms with Crippen molar-refractivity contribution in [3.63, 3.8) is 0 Å². The Morgan fingerprint density at radius 3 is 2.69 bits per heavy atom. The van der Waals surface area contributed by atoms with Gasteiger partial charge in [0.1, 0.15) is 6.04 Å². The number of H-pyrrole nitrogens is 1. The van der Waals surface area contributed by atoms with Gasteiger partial charge in [-0.25, -0.2) is 0 Å². The number of ether oxygens (including phenoxy) is 2. The number of anilines is 1. The van der Waals surface area contributed by atoms with E-state index in [1.54, 1.807) is 25.2 Å². The van der Waals surface area contributed by atoms with Crippen LogP contribution in [0.15, 0.2) is 61.3 Å². The highest BCUT2D eigenvalue weighted by Crippen LogP contribution is 2.29. The van der Waals surface area contributed by atoms with Crippen LogP contribution in [0, 0.1) is 0 Å². The summed E-state index contributed by atoms with van der Waals surface area (Å²) >= 11 is 5.67. The average Bonchev–Trinajstić information content (AvgIpc) is 3.43. The first-order valence-corrected chi connectivity index (χ1v) is 12.2. The predicted octanol–water partition coefficient (Wildman–Crippen LogP) is 4.13. The highest BCUT2D eigenvalue weighted by molar-refractivity contribution is 7.80. The summed E-state index contributed by atoms with van der Waals surface area (Å²) in [7, 11) is 3.19. The van der Waals surface area contributed by atoms with Crippen LogP contribution in [0.4, 0.5) is 5.69 Å². The summed E-state index contributed by atoms with van der Waals surface area (Å²) in [4.78, 5) is 32.8. The average molecular weight is 507 g/mol. The number of carbonyl (C=O) groups is 2. The number of benzene rings is 2. The van der Waals surface area contributed by atoms with E-state index in [1.165, 1.54) is 0 Å². The monoisotopic (exact) mass is 506 g/mol. The number of aromatic amines is 1. The Morgan fingerprint density at radius 2 is 1.94 bits per heavy atom. The van der Waals surface area contributed by atoms with Crippen LogP contribution >= 0.6 is 12.2 Å². The number of nitrogens with zero attached hydrogens (tertiary/aromatic N) is 2. The van der Waals surface area contributed by atoms with Crippen LogP contribution in [0.5, 0.6) is 11.5 Å². The van der Waals surface area contributed by atoms with Gasteiger partial charge in [-0.1, -0.05) is 18.2 Å². The van der Waals surface area contributed by atoms with Crippen LogP contribution in [-0.4, -0.2) is 65.1 Å². The molecule has 1 aliphatic heterocycles. The molecule has 0 saturated carbocycles. The number of rotatable bonds is 11. The van der Waals surface area contributed by atoms with E-state index in [1.807, 2.05) is 53.6 Å². The van der Waals surface area contributed by atoms with Gasteiger partial charge in [-0.15, -0.1) is 6.58 Å². The molecule has 1 fully saturated rings. The van der Waals surface area contributed by atoms with E-state index in [-0.39, 0.29) is 18.2 Å². The second-order valence-corrected chi connectivity index (χ2v) is 8.90. The Bertz CT molecular complexity index is 1290. The number of fused-ring (bicyclic) bond motifs is 1. The summed E-state index contributed by atoms with van der Waals surface area (Å²) in [5.74, 6) is 0.876. The third-order valence-electron chi connectivity index (χ3n) is 6.27. The molecule has 1 unspecified atom stereocenters. The Labute approximate surface area is 215 Å². The SMILES string of the molecule is C=CCCN1C(=O)C(CC(=O)Nc2ccc3cc[nH]c3c2)N(CCc2ccc(OC)c(OC)c2)C1=S. The number of hydrogen-bond acceptors (Lipinski definition) is 5. The molecule has 1 saturated heterocycles. The first-order valence-electron chi connectivity index (χ1n) is 11.8. The third kappa shape index (κ3) is 5.36. The molecule has 3 aromatic rings. The van der Waals surface area contributed by atoms with Crippen LogP contribution < -0.4 is 14.8 Å². The number of thiocarbonyl (C=S) groups is 1. The van der Waals surface area contributed by atoms with Crippen LogP contribution in [0.25, 0.3) is 10.9 Å². The largest absolute Gasteiger partial charge is 0.493 e. The first kappa shape index (κ1) is 25.2. The molecule has 0 aliphatic carbocycles. The molecule has 2 aromatic carbocycles. The van der Waals surface area contributed by atoms with Gasteiger partial charge in [0.25, 0.3) is 5.91 Å². The van der Waals surface area contributed by atoms with E-state index in [0.29, 0.717) is 48.2 Å². The molecule has 9 heteroatoms. The summed E-state index contributed by atoms with van der Waals surface area (Å²) in [6.07, 6.45) is 4.83. The van der Waals surface area contributed by atoms with Crippen molar-refractivity contribution in [1.29, 1.82) is 0 Å². The van der Waals surface area contributed by atoms with Crippen molar-refractivity contribution in [3.05, 3.63) is 66.9 Å². The summed E-state index contributed by atoms with van der Waals surface area (Å²) < 4.78 is 10.7. The number of aromatic nitrogens is 1. The predicted molar refractivity (Wildman–Crippen MR) is 144 cm³/mol. The zero-order valence-corrected chi connectivity index (χ0v) is 21.3. The highest BCUT2D eigenvalue weighted by atomic mass is 32.1. The number of nitrogens with one attached hydrogen (secondary N) is 2. The summed E-state index contributed by atoms with van der Waals surface area (Å²) in [6, 6.07) is 12.7. The minimum absolute atomic E-state index is 0.00173. The van der Waals surface area contributed by atoms with Crippen LogP contribution in [0.2, 0.25) is 0 Å². The molecule has 0 bridgehead atoms. The van der Waals surface area contributed by atoms with Gasteiger partial charge in [0.05, 0.1) is 20.6 Å². The van der Waals surface area contributed by atoms with E-state index in [4.69, 9.17) is 21.7 Å². The molecule has 0 radical (unpaired) electrons. The number of carbonyl (C=O) groups excluding carboxylic acids is 2. The van der Waals surface area contributed by atoms with Gasteiger partial charge >= 0.3 is 0 Å². The Hall–Kier alpha value is -3.85. The fraction of sp³-hybridized carbons (Fsp3) is 0.296. The Balaban J connectivity index is 1.49. The smallest absolute Gasteiger partial charge is 0.252 e. The second-order valence-electron chi connectivity index (χ2n) is 8.53. The van der Waals surface area contributed by atoms with Crippen LogP contribution in [0.3, 0.4) is 0 Å². The van der Waals surface area contributed by atoms with Gasteiger partial charge in [0.15, 0.2) is 16.6 Å². The molecular formula is C27H30N4O4S. The molecule has 4 rings (SSSR count). The van der Waals surface area contributed by atoms with Gasteiger partial charge in [0, 0.05) is 30.5 Å². The zero-order valence-electron chi connectivity index (χ0n) is 20.5. The van der Waals surface area contributed by atoms with E-state index in [0.717, 1.165) is 16.5 Å². The molecule has 1 aliphatic rings. The molecule has 0 spiro atoms. The van der Waals surface area contributed by atoms with Gasteiger partial charge in [-0.3, -0.25) is 14.5 Å². The lowest BCUT2D eigenvalue weighted by Crippen LogP contribution is -2.39. The molecule has 1 aromatic heterocycles. The molecule has 2 amide bonds. The van der Waals surface area contributed by atoms with Crippen molar-refractivity contribution in [2.24, 2.45) is 0 Å². The first-order chi connectivity index (χ1) is 17.4. The topological polar surface area (TPSA) is 86.9 Å². The van der Waals surface area contributed by atoms with E-state index < -0.39 is 6.04 Å². The maximum Gasteiger partial charge on any atom is 0.252 e. The lowest BCUT2D eigenvalue weighted by atomic mass is 10.1. The lowest BCUT2D eigenvalue weighted by molar-refractivity contribution is -0.130. The molecule has 1 atom stereocenters. The quantitative estimate of drug-likeness (QED) is 0.300. The van der Waals surface area contributed by atoms with Gasteiger partial charge in [0.2, 0.25) is 5.91 Å². The maximum atomic E-state index is 13.3. The van der Waals surface area contributed by atoms with Crippen LogP contribution in [0.1, 0.15) is 18.4 Å². The Morgan fingerprint density at radius 1 is 1.14 bits per heavy atom. The zero-order chi connectivity index (χ0) is 25.7. The van der Waals surface area contributed by atoms with Crippen molar-refractivity contribution in [2.75, 3.05) is 32.6 Å². The number of amides is 2.